The number of nitrogens with zero attached hydrogens (tertiary/aromatic N) is 1. The second kappa shape index (κ2) is 6.37. The van der Waals surface area contributed by atoms with E-state index in [0.29, 0.717) is 0 Å². The van der Waals surface area contributed by atoms with Crippen LogP contribution in [0.2, 0.25) is 0 Å². The first-order valence-corrected chi connectivity index (χ1v) is 7.13. The van der Waals surface area contributed by atoms with Crippen LogP contribution < -0.4 is 0 Å². The van der Waals surface area contributed by atoms with Gasteiger partial charge in [-0.3, -0.25) is 0 Å². The quantitative estimate of drug-likeness (QED) is 0.671. The van der Waals surface area contributed by atoms with Crippen LogP contribution in [-0.4, -0.2) is 16.1 Å². The van der Waals surface area contributed by atoms with Crippen molar-refractivity contribution in [3.8, 4) is 0 Å². The van der Waals surface area contributed by atoms with E-state index in [1.807, 2.05) is 29.6 Å². The van der Waals surface area contributed by atoms with Crippen molar-refractivity contribution in [1.82, 2.24) is 4.98 Å². The van der Waals surface area contributed by atoms with E-state index < -0.39 is 5.97 Å². The Balaban J connectivity index is 2.09. The Morgan fingerprint density at radius 3 is 3.00 bits per heavy atom. The van der Waals surface area contributed by atoms with Crippen molar-refractivity contribution in [2.45, 2.75) is 10.1 Å². The van der Waals surface area contributed by atoms with Gasteiger partial charge in [0.1, 0.15) is 4.34 Å². The number of hydrogen-bond donors (Lipinski definition) is 1. The fraction of sp³-hybridized carbons (Fsp3) is 0.0769. The fourth-order valence-corrected chi connectivity index (χ4v) is 3.06. The highest BCUT2D eigenvalue weighted by Gasteiger charge is 2.02. The number of rotatable bonds is 5. The number of carboxylic acid groups (broad SMARTS) is 1. The van der Waals surface area contributed by atoms with Crippen LogP contribution in [0.15, 0.2) is 46.3 Å². The molecule has 3 nitrogen and oxygen atoms in total. The standard InChI is InChI=1S/C13H11NO2S2/c15-12(16)6-5-10-3-1-2-4-11(10)9-18-13-14-7-8-17-13/h1-8H,9H2,(H,15,16)/b6-5+. The summed E-state index contributed by atoms with van der Waals surface area (Å²) in [5, 5.41) is 10.6. The van der Waals surface area contributed by atoms with Crippen LogP contribution in [0, 0.1) is 0 Å². The first-order chi connectivity index (χ1) is 8.75. The van der Waals surface area contributed by atoms with E-state index in [9.17, 15) is 4.79 Å². The number of thioether (sulfide) groups is 1. The molecule has 0 fully saturated rings. The van der Waals surface area contributed by atoms with Gasteiger partial charge in [0.25, 0.3) is 0 Å². The summed E-state index contributed by atoms with van der Waals surface area (Å²) in [5.41, 5.74) is 2.04. The number of aliphatic carboxylic acids is 1. The molecule has 5 heteroatoms. The third-order valence-electron chi connectivity index (χ3n) is 2.22. The summed E-state index contributed by atoms with van der Waals surface area (Å²) in [5.74, 6) is -0.148. The molecule has 0 saturated heterocycles. The monoisotopic (exact) mass is 277 g/mol. The lowest BCUT2D eigenvalue weighted by atomic mass is 10.1. The van der Waals surface area contributed by atoms with Gasteiger partial charge in [0, 0.05) is 23.4 Å². The van der Waals surface area contributed by atoms with Gasteiger partial charge in [-0.1, -0.05) is 36.0 Å². The lowest BCUT2D eigenvalue weighted by Gasteiger charge is -2.03. The first kappa shape index (κ1) is 12.9. The van der Waals surface area contributed by atoms with Crippen LogP contribution in [0.5, 0.6) is 0 Å². The van der Waals surface area contributed by atoms with Crippen molar-refractivity contribution in [3.05, 3.63) is 53.0 Å². The van der Waals surface area contributed by atoms with Gasteiger partial charge >= 0.3 is 5.97 Å². The highest BCUT2D eigenvalue weighted by atomic mass is 32.2. The summed E-state index contributed by atoms with van der Waals surface area (Å²) in [7, 11) is 0. The molecule has 1 aromatic heterocycles. The smallest absolute Gasteiger partial charge is 0.328 e. The van der Waals surface area contributed by atoms with Crippen molar-refractivity contribution in [1.29, 1.82) is 0 Å². The van der Waals surface area contributed by atoms with E-state index in [4.69, 9.17) is 5.11 Å². The van der Waals surface area contributed by atoms with Crippen LogP contribution in [0.3, 0.4) is 0 Å². The van der Waals surface area contributed by atoms with Gasteiger partial charge in [0.05, 0.1) is 0 Å². The summed E-state index contributed by atoms with van der Waals surface area (Å²) in [6.07, 6.45) is 4.57. The first-order valence-electron chi connectivity index (χ1n) is 5.27. The van der Waals surface area contributed by atoms with Crippen molar-refractivity contribution >= 4 is 35.1 Å². The van der Waals surface area contributed by atoms with Gasteiger partial charge in [-0.2, -0.15) is 0 Å². The number of thiazole rings is 1. The van der Waals surface area contributed by atoms with Crippen LogP contribution in [0.1, 0.15) is 11.1 Å². The molecule has 0 amide bonds. The molecule has 0 aliphatic rings. The molecule has 0 spiro atoms. The molecule has 0 aliphatic heterocycles. The number of hydrogen-bond acceptors (Lipinski definition) is 4. The topological polar surface area (TPSA) is 50.2 Å². The second-order valence-corrected chi connectivity index (χ2v) is 5.57. The van der Waals surface area contributed by atoms with E-state index >= 15 is 0 Å². The van der Waals surface area contributed by atoms with E-state index in [0.717, 1.165) is 27.3 Å². The molecule has 2 aromatic rings. The molecule has 0 atom stereocenters. The van der Waals surface area contributed by atoms with Gasteiger partial charge in [-0.15, -0.1) is 11.3 Å². The van der Waals surface area contributed by atoms with Crippen LogP contribution in [0.25, 0.3) is 6.08 Å². The molecule has 18 heavy (non-hydrogen) atoms. The van der Waals surface area contributed by atoms with Gasteiger partial charge in [-0.25, -0.2) is 9.78 Å². The Morgan fingerprint density at radius 1 is 1.44 bits per heavy atom. The minimum absolute atomic E-state index is 0.785. The minimum Gasteiger partial charge on any atom is -0.478 e. The highest BCUT2D eigenvalue weighted by molar-refractivity contribution is 8.00. The number of carboxylic acids is 1. The van der Waals surface area contributed by atoms with E-state index in [2.05, 4.69) is 4.98 Å². The predicted octanol–water partition coefficient (Wildman–Crippen LogP) is 3.53. The van der Waals surface area contributed by atoms with Crippen LogP contribution in [0.4, 0.5) is 0 Å². The zero-order chi connectivity index (χ0) is 12.8. The Hall–Kier alpha value is -1.59. The second-order valence-electron chi connectivity index (χ2n) is 3.46. The van der Waals surface area contributed by atoms with Gasteiger partial charge in [-0.05, 0) is 17.2 Å². The third kappa shape index (κ3) is 3.72. The van der Waals surface area contributed by atoms with Crippen LogP contribution in [-0.2, 0) is 10.5 Å². The predicted molar refractivity (Wildman–Crippen MR) is 74.8 cm³/mol. The van der Waals surface area contributed by atoms with E-state index in [1.54, 1.807) is 35.4 Å². The molecule has 0 radical (unpaired) electrons. The fourth-order valence-electron chi connectivity index (χ4n) is 1.41. The molecule has 0 unspecified atom stereocenters. The lowest BCUT2D eigenvalue weighted by Crippen LogP contribution is -1.89. The van der Waals surface area contributed by atoms with Gasteiger partial charge in [0.2, 0.25) is 0 Å². The van der Waals surface area contributed by atoms with E-state index in [-0.39, 0.29) is 0 Å². The summed E-state index contributed by atoms with van der Waals surface area (Å²) >= 11 is 3.26. The zero-order valence-electron chi connectivity index (χ0n) is 9.45. The average molecular weight is 277 g/mol. The summed E-state index contributed by atoms with van der Waals surface area (Å²) in [6.45, 7) is 0. The van der Waals surface area contributed by atoms with Gasteiger partial charge in [0.15, 0.2) is 0 Å². The maximum Gasteiger partial charge on any atom is 0.328 e. The molecular weight excluding hydrogens is 266 g/mol. The van der Waals surface area contributed by atoms with Crippen molar-refractivity contribution in [2.75, 3.05) is 0 Å². The van der Waals surface area contributed by atoms with Gasteiger partial charge < -0.3 is 5.11 Å². The average Bonchev–Trinajstić information content (AvgIpc) is 2.88. The van der Waals surface area contributed by atoms with Crippen LogP contribution >= 0.6 is 23.1 Å². The Morgan fingerprint density at radius 2 is 2.28 bits per heavy atom. The van der Waals surface area contributed by atoms with E-state index in [1.165, 1.54) is 0 Å². The molecular formula is C13H11NO2S2. The molecule has 0 bridgehead atoms. The normalized spacial score (nSPS) is 10.9. The SMILES string of the molecule is O=C(O)/C=C/c1ccccc1CSc1nccs1. The van der Waals surface area contributed by atoms with Crippen molar-refractivity contribution < 1.29 is 9.90 Å². The summed E-state index contributed by atoms with van der Waals surface area (Å²) in [4.78, 5) is 14.7. The zero-order valence-corrected chi connectivity index (χ0v) is 11.1. The Bertz CT molecular complexity index is 550. The highest BCUT2D eigenvalue weighted by Crippen LogP contribution is 2.26. The molecule has 2 rings (SSSR count). The number of carbonyl (C=O) groups is 1. The molecule has 1 aromatic carbocycles. The largest absolute Gasteiger partial charge is 0.478 e. The van der Waals surface area contributed by atoms with Crippen molar-refractivity contribution in [2.24, 2.45) is 0 Å². The molecule has 1 N–H and O–H groups in total. The maximum atomic E-state index is 10.5. The summed E-state index contributed by atoms with van der Waals surface area (Å²) in [6, 6.07) is 7.77. The van der Waals surface area contributed by atoms with Crippen molar-refractivity contribution in [3.63, 3.8) is 0 Å². The lowest BCUT2D eigenvalue weighted by molar-refractivity contribution is -0.131. The number of aromatic nitrogens is 1. The molecule has 92 valence electrons. The molecule has 0 aliphatic carbocycles. The Labute approximate surface area is 113 Å². The summed E-state index contributed by atoms with van der Waals surface area (Å²) < 4.78 is 1.02. The number of benzene rings is 1. The minimum atomic E-state index is -0.933. The third-order valence-corrected chi connectivity index (χ3v) is 4.24. The Kier molecular flexibility index (Phi) is 4.55. The molecule has 0 saturated carbocycles. The maximum absolute atomic E-state index is 10.5. The molecule has 1 heterocycles.